The van der Waals surface area contributed by atoms with E-state index in [9.17, 15) is 4.79 Å². The molecule has 1 heterocycles. The topological polar surface area (TPSA) is 68.0 Å². The van der Waals surface area contributed by atoms with Crippen LogP contribution < -0.4 is 11.1 Å². The van der Waals surface area contributed by atoms with E-state index >= 15 is 0 Å². The number of thiazole rings is 1. The number of aromatic nitrogens is 1. The Bertz CT molecular complexity index is 248. The van der Waals surface area contributed by atoms with Gasteiger partial charge in [0.2, 0.25) is 5.91 Å². The summed E-state index contributed by atoms with van der Waals surface area (Å²) in [6.45, 7) is 1.05. The Hall–Kier alpha value is -0.940. The van der Waals surface area contributed by atoms with Crippen LogP contribution in [-0.4, -0.2) is 24.0 Å². The predicted molar refractivity (Wildman–Crippen MR) is 52.5 cm³/mol. The molecule has 0 bridgehead atoms. The Morgan fingerprint density at radius 3 is 3.15 bits per heavy atom. The molecule has 0 aliphatic heterocycles. The summed E-state index contributed by atoms with van der Waals surface area (Å²) in [7, 11) is 0. The van der Waals surface area contributed by atoms with Crippen molar-refractivity contribution in [3.8, 4) is 0 Å². The second-order valence-electron chi connectivity index (χ2n) is 2.62. The van der Waals surface area contributed by atoms with Crippen LogP contribution in [0.1, 0.15) is 12.1 Å². The average Bonchev–Trinajstić information content (AvgIpc) is 2.57. The number of carbonyl (C=O) groups excluding carboxylic acids is 1. The minimum Gasteiger partial charge on any atom is -0.356 e. The van der Waals surface area contributed by atoms with Gasteiger partial charge in [-0.25, -0.2) is 4.98 Å². The van der Waals surface area contributed by atoms with E-state index in [-0.39, 0.29) is 5.91 Å². The van der Waals surface area contributed by atoms with Gasteiger partial charge < -0.3 is 11.1 Å². The van der Waals surface area contributed by atoms with E-state index in [0.717, 1.165) is 12.1 Å². The summed E-state index contributed by atoms with van der Waals surface area (Å²) >= 11 is 1.56. The van der Waals surface area contributed by atoms with E-state index in [1.54, 1.807) is 16.8 Å². The van der Waals surface area contributed by atoms with E-state index in [1.165, 1.54) is 0 Å². The summed E-state index contributed by atoms with van der Waals surface area (Å²) in [4.78, 5) is 15.1. The summed E-state index contributed by atoms with van der Waals surface area (Å²) in [5.74, 6) is 0.0118. The second-order valence-corrected chi connectivity index (χ2v) is 3.34. The van der Waals surface area contributed by atoms with Gasteiger partial charge in [-0.15, -0.1) is 11.3 Å². The maximum atomic E-state index is 11.0. The number of hydrogen-bond acceptors (Lipinski definition) is 4. The van der Waals surface area contributed by atoms with Gasteiger partial charge in [0.05, 0.1) is 11.2 Å². The van der Waals surface area contributed by atoms with Crippen molar-refractivity contribution in [3.63, 3.8) is 0 Å². The van der Waals surface area contributed by atoms with Crippen molar-refractivity contribution in [1.82, 2.24) is 10.3 Å². The van der Waals surface area contributed by atoms with Crippen molar-refractivity contribution in [1.29, 1.82) is 0 Å². The Morgan fingerprint density at radius 1 is 1.69 bits per heavy atom. The van der Waals surface area contributed by atoms with Crippen molar-refractivity contribution in [3.05, 3.63) is 16.6 Å². The minimum atomic E-state index is 0.0118. The molecule has 3 N–H and O–H groups in total. The third-order valence-electron chi connectivity index (χ3n) is 1.56. The summed E-state index contributed by atoms with van der Waals surface area (Å²) in [6, 6.07) is 0. The van der Waals surface area contributed by atoms with Crippen molar-refractivity contribution < 1.29 is 4.79 Å². The fourth-order valence-electron chi connectivity index (χ4n) is 0.910. The van der Waals surface area contributed by atoms with Crippen LogP contribution >= 0.6 is 11.3 Å². The van der Waals surface area contributed by atoms with Gasteiger partial charge in [0.1, 0.15) is 0 Å². The highest BCUT2D eigenvalue weighted by Crippen LogP contribution is 2.00. The molecule has 5 heteroatoms. The zero-order chi connectivity index (χ0) is 9.52. The van der Waals surface area contributed by atoms with Gasteiger partial charge >= 0.3 is 0 Å². The maximum absolute atomic E-state index is 11.0. The van der Waals surface area contributed by atoms with E-state index in [2.05, 4.69) is 10.3 Å². The largest absolute Gasteiger partial charge is 0.356 e. The first-order valence-corrected chi connectivity index (χ1v) is 5.11. The number of hydrogen-bond donors (Lipinski definition) is 2. The number of nitrogens with zero attached hydrogens (tertiary/aromatic N) is 1. The van der Waals surface area contributed by atoms with Gasteiger partial charge in [-0.3, -0.25) is 4.79 Å². The van der Waals surface area contributed by atoms with Gasteiger partial charge in [-0.2, -0.15) is 0 Å². The molecule has 0 saturated carbocycles. The molecule has 1 aromatic heterocycles. The summed E-state index contributed by atoms with van der Waals surface area (Å²) < 4.78 is 0. The normalized spacial score (nSPS) is 9.92. The Morgan fingerprint density at radius 2 is 2.54 bits per heavy atom. The standard InChI is InChI=1S/C8H13N3OS/c9-3-1-8(12)10-4-2-7-5-13-6-11-7/h5-6H,1-4,9H2,(H,10,12). The lowest BCUT2D eigenvalue weighted by atomic mass is 10.3. The average molecular weight is 199 g/mol. The highest BCUT2D eigenvalue weighted by atomic mass is 32.1. The van der Waals surface area contributed by atoms with Crippen molar-refractivity contribution in [2.45, 2.75) is 12.8 Å². The van der Waals surface area contributed by atoms with Crippen LogP contribution in [0.5, 0.6) is 0 Å². The first-order chi connectivity index (χ1) is 6.33. The van der Waals surface area contributed by atoms with Crippen LogP contribution in [0, 0.1) is 0 Å². The van der Waals surface area contributed by atoms with Crippen LogP contribution in [0.4, 0.5) is 0 Å². The molecule has 1 amide bonds. The summed E-state index contributed by atoms with van der Waals surface area (Å²) in [5.41, 5.74) is 8.04. The monoisotopic (exact) mass is 199 g/mol. The Labute approximate surface area is 81.2 Å². The molecule has 0 atom stereocenters. The minimum absolute atomic E-state index is 0.0118. The molecule has 0 aliphatic carbocycles. The van der Waals surface area contributed by atoms with Gasteiger partial charge in [0.15, 0.2) is 0 Å². The SMILES string of the molecule is NCCC(=O)NCCc1cscn1. The highest BCUT2D eigenvalue weighted by molar-refractivity contribution is 7.07. The lowest BCUT2D eigenvalue weighted by molar-refractivity contribution is -0.120. The molecular weight excluding hydrogens is 186 g/mol. The number of nitrogens with two attached hydrogens (primary N) is 1. The van der Waals surface area contributed by atoms with E-state index in [1.807, 2.05) is 5.38 Å². The Balaban J connectivity index is 2.11. The molecule has 1 aromatic rings. The molecule has 0 fully saturated rings. The molecule has 13 heavy (non-hydrogen) atoms. The van der Waals surface area contributed by atoms with Gasteiger partial charge in [0.25, 0.3) is 0 Å². The molecular formula is C8H13N3OS. The fraction of sp³-hybridized carbons (Fsp3) is 0.500. The zero-order valence-electron chi connectivity index (χ0n) is 7.32. The van der Waals surface area contributed by atoms with E-state index in [0.29, 0.717) is 19.5 Å². The summed E-state index contributed by atoms with van der Waals surface area (Å²) in [5, 5.41) is 4.75. The number of rotatable bonds is 5. The molecule has 0 radical (unpaired) electrons. The van der Waals surface area contributed by atoms with Crippen molar-refractivity contribution in [2.75, 3.05) is 13.1 Å². The number of nitrogens with one attached hydrogen (secondary N) is 1. The van der Waals surface area contributed by atoms with Crippen LogP contribution in [0.3, 0.4) is 0 Å². The Kier molecular flexibility index (Phi) is 4.42. The van der Waals surface area contributed by atoms with Crippen LogP contribution in [0.25, 0.3) is 0 Å². The predicted octanol–water partition coefficient (Wildman–Crippen LogP) is 0.151. The van der Waals surface area contributed by atoms with Crippen LogP contribution in [0.2, 0.25) is 0 Å². The van der Waals surface area contributed by atoms with Crippen LogP contribution in [-0.2, 0) is 11.2 Å². The molecule has 0 aromatic carbocycles. The first-order valence-electron chi connectivity index (χ1n) is 4.16. The second kappa shape index (κ2) is 5.66. The van der Waals surface area contributed by atoms with E-state index < -0.39 is 0 Å². The maximum Gasteiger partial charge on any atom is 0.221 e. The van der Waals surface area contributed by atoms with Gasteiger partial charge in [-0.05, 0) is 0 Å². The number of amides is 1. The quantitative estimate of drug-likeness (QED) is 0.709. The smallest absolute Gasteiger partial charge is 0.221 e. The molecule has 0 unspecified atom stereocenters. The molecule has 1 rings (SSSR count). The van der Waals surface area contributed by atoms with Gasteiger partial charge in [0, 0.05) is 31.3 Å². The van der Waals surface area contributed by atoms with E-state index in [4.69, 9.17) is 5.73 Å². The van der Waals surface area contributed by atoms with Gasteiger partial charge in [-0.1, -0.05) is 0 Å². The first kappa shape index (κ1) is 10.1. The van der Waals surface area contributed by atoms with Crippen molar-refractivity contribution >= 4 is 17.2 Å². The number of carbonyl (C=O) groups is 1. The third kappa shape index (κ3) is 4.00. The van der Waals surface area contributed by atoms with Crippen molar-refractivity contribution in [2.24, 2.45) is 5.73 Å². The lowest BCUT2D eigenvalue weighted by Crippen LogP contribution is -2.27. The molecule has 4 nitrogen and oxygen atoms in total. The molecule has 0 aliphatic rings. The molecule has 0 spiro atoms. The molecule has 0 saturated heterocycles. The highest BCUT2D eigenvalue weighted by Gasteiger charge is 1.99. The molecule has 72 valence electrons. The third-order valence-corrected chi connectivity index (χ3v) is 2.19. The summed E-state index contributed by atoms with van der Waals surface area (Å²) in [6.07, 6.45) is 1.19. The fourth-order valence-corrected chi connectivity index (χ4v) is 1.50. The zero-order valence-corrected chi connectivity index (χ0v) is 8.14. The van der Waals surface area contributed by atoms with Crippen LogP contribution in [0.15, 0.2) is 10.9 Å². The lowest BCUT2D eigenvalue weighted by Gasteiger charge is -2.01.